The normalized spacial score (nSPS) is 20.7. The monoisotopic (exact) mass is 473 g/mol. The average molecular weight is 474 g/mol. The Balaban J connectivity index is 1.62. The van der Waals surface area contributed by atoms with Gasteiger partial charge in [0.15, 0.2) is 4.80 Å². The lowest BCUT2D eigenvalue weighted by atomic mass is 10.1. The summed E-state index contributed by atoms with van der Waals surface area (Å²) in [5.74, 6) is -0.404. The van der Waals surface area contributed by atoms with Crippen LogP contribution in [0.3, 0.4) is 0 Å². The van der Waals surface area contributed by atoms with Crippen LogP contribution in [0.25, 0.3) is 10.2 Å². The van der Waals surface area contributed by atoms with E-state index in [0.29, 0.717) is 23.5 Å². The van der Waals surface area contributed by atoms with Gasteiger partial charge in [-0.05, 0) is 69.2 Å². The molecule has 9 heteroatoms. The first-order valence-electron chi connectivity index (χ1n) is 10.5. The Morgan fingerprint density at radius 3 is 2.34 bits per heavy atom. The van der Waals surface area contributed by atoms with Gasteiger partial charge in [-0.15, -0.1) is 0 Å². The van der Waals surface area contributed by atoms with Crippen molar-refractivity contribution >= 4 is 37.5 Å². The van der Waals surface area contributed by atoms with Crippen LogP contribution in [-0.2, 0) is 21.8 Å². The number of sulfonamides is 1. The molecule has 1 aromatic heterocycles. The first-order valence-corrected chi connectivity index (χ1v) is 12.7. The maximum Gasteiger partial charge on any atom is 0.279 e. The number of carbonyl (C=O) groups is 1. The number of thiazole rings is 1. The molecule has 0 N–H and O–H groups in total. The number of ether oxygens (including phenoxy) is 1. The fourth-order valence-electron chi connectivity index (χ4n) is 4.07. The summed E-state index contributed by atoms with van der Waals surface area (Å²) in [5.41, 5.74) is 3.69. The Bertz CT molecular complexity index is 1340. The second-order valence-electron chi connectivity index (χ2n) is 8.39. The van der Waals surface area contributed by atoms with Crippen LogP contribution in [0.1, 0.15) is 35.3 Å². The predicted octanol–water partition coefficient (Wildman–Crippen LogP) is 3.40. The highest BCUT2D eigenvalue weighted by Gasteiger charge is 2.32. The van der Waals surface area contributed by atoms with Gasteiger partial charge in [-0.2, -0.15) is 9.30 Å². The zero-order chi connectivity index (χ0) is 23.2. The van der Waals surface area contributed by atoms with Crippen LogP contribution in [0.5, 0.6) is 0 Å². The van der Waals surface area contributed by atoms with Gasteiger partial charge in [0, 0.05) is 25.7 Å². The number of morpholine rings is 1. The summed E-state index contributed by atoms with van der Waals surface area (Å²) in [6, 6.07) is 10.2. The van der Waals surface area contributed by atoms with Gasteiger partial charge in [-0.1, -0.05) is 17.4 Å². The number of carbonyl (C=O) groups excluding carboxylic acids is 1. The van der Waals surface area contributed by atoms with Gasteiger partial charge in [0.2, 0.25) is 10.0 Å². The third-order valence-electron chi connectivity index (χ3n) is 5.56. The Labute approximate surface area is 192 Å². The van der Waals surface area contributed by atoms with Crippen LogP contribution in [0.2, 0.25) is 0 Å². The van der Waals surface area contributed by atoms with E-state index in [2.05, 4.69) is 17.1 Å². The molecule has 0 radical (unpaired) electrons. The SMILES string of the molecule is Cc1cc(C)c2sc(=NC(=O)c3ccc(S(=O)(=O)N4C[C@@H](C)O[C@@H](C)C4)cc3)n(C)c2c1. The summed E-state index contributed by atoms with van der Waals surface area (Å²) in [6.07, 6.45) is -0.328. The number of aryl methyl sites for hydroxylation is 3. The van der Waals surface area contributed by atoms with E-state index < -0.39 is 15.9 Å². The topological polar surface area (TPSA) is 81.0 Å². The summed E-state index contributed by atoms with van der Waals surface area (Å²) >= 11 is 1.47. The maximum atomic E-state index is 13.0. The molecule has 0 saturated carbocycles. The van der Waals surface area contributed by atoms with Gasteiger partial charge in [0.05, 0.1) is 27.3 Å². The first kappa shape index (κ1) is 22.8. The number of hydrogen-bond donors (Lipinski definition) is 0. The minimum atomic E-state index is -3.65. The van der Waals surface area contributed by atoms with Crippen LogP contribution in [0.15, 0.2) is 46.3 Å². The van der Waals surface area contributed by atoms with E-state index in [1.165, 1.54) is 39.9 Å². The standard InChI is InChI=1S/C23H27N3O4S2/c1-14-10-15(2)21-20(11-14)25(5)23(31-21)24-22(27)18-6-8-19(9-7-18)32(28,29)26-12-16(3)30-17(4)13-26/h6-11,16-17H,12-13H2,1-5H3/t16-,17+. The molecule has 0 unspecified atom stereocenters. The van der Waals surface area contributed by atoms with Crippen LogP contribution in [0, 0.1) is 13.8 Å². The van der Waals surface area contributed by atoms with Crippen molar-refractivity contribution in [3.05, 3.63) is 57.9 Å². The van der Waals surface area contributed by atoms with Crippen molar-refractivity contribution < 1.29 is 17.9 Å². The number of rotatable bonds is 3. The highest BCUT2D eigenvalue weighted by Crippen LogP contribution is 2.24. The van der Waals surface area contributed by atoms with Gasteiger partial charge >= 0.3 is 0 Å². The molecule has 0 aliphatic carbocycles. The molecule has 1 aliphatic rings. The van der Waals surface area contributed by atoms with Crippen molar-refractivity contribution in [2.24, 2.45) is 12.0 Å². The summed E-state index contributed by atoms with van der Waals surface area (Å²) in [7, 11) is -1.76. The molecule has 2 heterocycles. The van der Waals surface area contributed by atoms with Crippen LogP contribution < -0.4 is 4.80 Å². The fourth-order valence-corrected chi connectivity index (χ4v) is 6.73. The minimum Gasteiger partial charge on any atom is -0.373 e. The summed E-state index contributed by atoms with van der Waals surface area (Å²) < 4.78 is 36.1. The number of benzene rings is 2. The lowest BCUT2D eigenvalue weighted by Crippen LogP contribution is -2.48. The van der Waals surface area contributed by atoms with Crippen LogP contribution >= 0.6 is 11.3 Å². The zero-order valence-electron chi connectivity index (χ0n) is 18.8. The zero-order valence-corrected chi connectivity index (χ0v) is 20.5. The number of nitrogens with zero attached hydrogens (tertiary/aromatic N) is 3. The van der Waals surface area contributed by atoms with Crippen molar-refractivity contribution in [2.75, 3.05) is 13.1 Å². The molecule has 1 fully saturated rings. The van der Waals surface area contributed by atoms with E-state index >= 15 is 0 Å². The van der Waals surface area contributed by atoms with Crippen molar-refractivity contribution in [1.29, 1.82) is 0 Å². The number of aromatic nitrogens is 1. The molecule has 0 spiro atoms. The smallest absolute Gasteiger partial charge is 0.279 e. The summed E-state index contributed by atoms with van der Waals surface area (Å²) in [6.45, 7) is 8.43. The molecule has 7 nitrogen and oxygen atoms in total. The van der Waals surface area contributed by atoms with E-state index in [4.69, 9.17) is 4.74 Å². The van der Waals surface area contributed by atoms with Crippen LogP contribution in [0.4, 0.5) is 0 Å². The Hall–Kier alpha value is -2.33. The average Bonchev–Trinajstić information content (AvgIpc) is 3.03. The number of hydrogen-bond acceptors (Lipinski definition) is 5. The fraction of sp³-hybridized carbons (Fsp3) is 0.391. The molecule has 32 heavy (non-hydrogen) atoms. The molecule has 2 atom stereocenters. The molecule has 1 amide bonds. The Morgan fingerprint density at radius 2 is 1.72 bits per heavy atom. The molecular formula is C23H27N3O4S2. The van der Waals surface area contributed by atoms with E-state index in [-0.39, 0.29) is 17.1 Å². The first-order chi connectivity index (χ1) is 15.1. The van der Waals surface area contributed by atoms with E-state index in [9.17, 15) is 13.2 Å². The molecule has 4 rings (SSSR count). The van der Waals surface area contributed by atoms with E-state index in [1.807, 2.05) is 39.3 Å². The van der Waals surface area contributed by atoms with E-state index in [1.54, 1.807) is 0 Å². The van der Waals surface area contributed by atoms with Crippen molar-refractivity contribution in [3.8, 4) is 0 Å². The highest BCUT2D eigenvalue weighted by molar-refractivity contribution is 7.89. The summed E-state index contributed by atoms with van der Waals surface area (Å²) in [4.78, 5) is 17.9. The number of fused-ring (bicyclic) bond motifs is 1. The molecule has 1 saturated heterocycles. The van der Waals surface area contributed by atoms with Crippen molar-refractivity contribution in [3.63, 3.8) is 0 Å². The molecule has 3 aromatic rings. The van der Waals surface area contributed by atoms with Crippen LogP contribution in [-0.4, -0.2) is 48.5 Å². The lowest BCUT2D eigenvalue weighted by molar-refractivity contribution is -0.0440. The molecule has 0 bridgehead atoms. The Morgan fingerprint density at radius 1 is 1.09 bits per heavy atom. The van der Waals surface area contributed by atoms with Gasteiger partial charge in [-0.3, -0.25) is 4.79 Å². The molecule has 2 aromatic carbocycles. The maximum absolute atomic E-state index is 13.0. The molecular weight excluding hydrogens is 446 g/mol. The minimum absolute atomic E-state index is 0.161. The highest BCUT2D eigenvalue weighted by atomic mass is 32.2. The number of amides is 1. The molecule has 1 aliphatic heterocycles. The Kier molecular flexibility index (Phi) is 6.10. The van der Waals surface area contributed by atoms with E-state index in [0.717, 1.165) is 21.3 Å². The second-order valence-corrected chi connectivity index (χ2v) is 11.3. The summed E-state index contributed by atoms with van der Waals surface area (Å²) in [5, 5.41) is 0. The third kappa shape index (κ3) is 4.30. The van der Waals surface area contributed by atoms with Gasteiger partial charge in [0.1, 0.15) is 0 Å². The third-order valence-corrected chi connectivity index (χ3v) is 8.69. The lowest BCUT2D eigenvalue weighted by Gasteiger charge is -2.34. The van der Waals surface area contributed by atoms with Crippen molar-refractivity contribution in [1.82, 2.24) is 8.87 Å². The van der Waals surface area contributed by atoms with Gasteiger partial charge in [-0.25, -0.2) is 8.42 Å². The second kappa shape index (κ2) is 8.55. The van der Waals surface area contributed by atoms with Crippen molar-refractivity contribution in [2.45, 2.75) is 44.8 Å². The molecule has 170 valence electrons. The quantitative estimate of drug-likeness (QED) is 0.584. The largest absolute Gasteiger partial charge is 0.373 e. The van der Waals surface area contributed by atoms with Gasteiger partial charge in [0.25, 0.3) is 5.91 Å². The van der Waals surface area contributed by atoms with Gasteiger partial charge < -0.3 is 9.30 Å². The predicted molar refractivity (Wildman–Crippen MR) is 125 cm³/mol.